The van der Waals surface area contributed by atoms with Gasteiger partial charge in [0.25, 0.3) is 0 Å². The molecular weight excluding hydrogens is 259 g/mol. The molecule has 0 unspecified atom stereocenters. The highest BCUT2D eigenvalue weighted by atomic mass is 35.5. The average molecular weight is 277 g/mol. The molecule has 4 heteroatoms. The van der Waals surface area contributed by atoms with E-state index in [1.807, 2.05) is 12.1 Å². The minimum Gasteiger partial charge on any atom is -0.491 e. The average Bonchev–Trinajstić information content (AvgIpc) is 2.29. The summed E-state index contributed by atoms with van der Waals surface area (Å²) in [5.74, 6) is 1.71. The van der Waals surface area contributed by atoms with Crippen LogP contribution in [0.4, 0.5) is 0 Å². The van der Waals surface area contributed by atoms with E-state index < -0.39 is 0 Å². The van der Waals surface area contributed by atoms with Crippen molar-refractivity contribution in [1.82, 2.24) is 0 Å². The monoisotopic (exact) mass is 276 g/mol. The van der Waals surface area contributed by atoms with Gasteiger partial charge < -0.3 is 9.47 Å². The van der Waals surface area contributed by atoms with Crippen molar-refractivity contribution in [2.45, 2.75) is 19.7 Å². The van der Waals surface area contributed by atoms with Crippen LogP contribution in [0.15, 0.2) is 18.2 Å². The molecule has 0 N–H and O–H groups in total. The van der Waals surface area contributed by atoms with E-state index in [2.05, 4.69) is 13.8 Å². The Morgan fingerprint density at radius 1 is 1.24 bits per heavy atom. The van der Waals surface area contributed by atoms with Crippen molar-refractivity contribution in [3.8, 4) is 5.75 Å². The maximum absolute atomic E-state index is 5.88. The van der Waals surface area contributed by atoms with Crippen LogP contribution in [0.5, 0.6) is 5.75 Å². The van der Waals surface area contributed by atoms with Gasteiger partial charge in [-0.1, -0.05) is 25.4 Å². The van der Waals surface area contributed by atoms with Gasteiger partial charge in [-0.2, -0.15) is 0 Å². The molecule has 0 saturated carbocycles. The molecule has 0 amide bonds. The molecule has 1 aromatic carbocycles. The summed E-state index contributed by atoms with van der Waals surface area (Å²) >= 11 is 11.7. The van der Waals surface area contributed by atoms with E-state index in [1.54, 1.807) is 6.07 Å². The van der Waals surface area contributed by atoms with Gasteiger partial charge in [0.15, 0.2) is 0 Å². The molecule has 0 aliphatic carbocycles. The van der Waals surface area contributed by atoms with Crippen LogP contribution in [0.3, 0.4) is 0 Å². The van der Waals surface area contributed by atoms with Crippen molar-refractivity contribution in [3.63, 3.8) is 0 Å². The van der Waals surface area contributed by atoms with Crippen LogP contribution in [-0.4, -0.2) is 19.8 Å². The molecule has 17 heavy (non-hydrogen) atoms. The van der Waals surface area contributed by atoms with Gasteiger partial charge in [-0.15, -0.1) is 11.6 Å². The van der Waals surface area contributed by atoms with E-state index in [-0.39, 0.29) is 0 Å². The topological polar surface area (TPSA) is 18.5 Å². The van der Waals surface area contributed by atoms with Crippen LogP contribution >= 0.6 is 23.2 Å². The Labute approximate surface area is 113 Å². The molecule has 0 fully saturated rings. The Morgan fingerprint density at radius 2 is 2.00 bits per heavy atom. The Kier molecular flexibility index (Phi) is 6.71. The first-order valence-electron chi connectivity index (χ1n) is 5.68. The Bertz CT molecular complexity index is 340. The largest absolute Gasteiger partial charge is 0.491 e. The van der Waals surface area contributed by atoms with Crippen LogP contribution in [-0.2, 0) is 10.6 Å². The summed E-state index contributed by atoms with van der Waals surface area (Å²) < 4.78 is 11.0. The van der Waals surface area contributed by atoms with E-state index in [1.165, 1.54) is 0 Å². The number of ether oxygens (including phenoxy) is 2. The van der Waals surface area contributed by atoms with Crippen LogP contribution < -0.4 is 4.74 Å². The SMILES string of the molecule is CC(C)COCCOc1ccc(Cl)cc1CCl. The van der Waals surface area contributed by atoms with E-state index in [4.69, 9.17) is 32.7 Å². The first kappa shape index (κ1) is 14.6. The second-order valence-corrected chi connectivity index (χ2v) is 4.91. The number of hydrogen-bond donors (Lipinski definition) is 0. The Morgan fingerprint density at radius 3 is 2.65 bits per heavy atom. The molecule has 0 aliphatic heterocycles. The molecule has 0 aromatic heterocycles. The quantitative estimate of drug-likeness (QED) is 0.551. The molecule has 0 heterocycles. The maximum Gasteiger partial charge on any atom is 0.123 e. The van der Waals surface area contributed by atoms with Gasteiger partial charge in [0.1, 0.15) is 12.4 Å². The number of halogens is 2. The predicted octanol–water partition coefficient (Wildman–Crippen LogP) is 4.13. The van der Waals surface area contributed by atoms with Gasteiger partial charge in [-0.05, 0) is 24.1 Å². The molecule has 96 valence electrons. The first-order chi connectivity index (χ1) is 8.13. The lowest BCUT2D eigenvalue weighted by atomic mass is 10.2. The number of rotatable bonds is 7. The molecule has 0 saturated heterocycles. The van der Waals surface area contributed by atoms with Gasteiger partial charge in [0, 0.05) is 17.2 Å². The minimum atomic E-state index is 0.392. The third kappa shape index (κ3) is 5.62. The zero-order chi connectivity index (χ0) is 12.7. The molecule has 1 aromatic rings. The summed E-state index contributed by atoms with van der Waals surface area (Å²) in [6.07, 6.45) is 0. The Balaban J connectivity index is 2.36. The fourth-order valence-electron chi connectivity index (χ4n) is 1.32. The third-order valence-electron chi connectivity index (χ3n) is 2.10. The molecular formula is C13H18Cl2O2. The molecule has 2 nitrogen and oxygen atoms in total. The summed E-state index contributed by atoms with van der Waals surface area (Å²) in [5.41, 5.74) is 0.906. The van der Waals surface area contributed by atoms with Gasteiger partial charge in [0.05, 0.1) is 12.5 Å². The third-order valence-corrected chi connectivity index (χ3v) is 2.63. The number of alkyl halides is 1. The second-order valence-electron chi connectivity index (χ2n) is 4.20. The highest BCUT2D eigenvalue weighted by molar-refractivity contribution is 6.30. The highest BCUT2D eigenvalue weighted by Crippen LogP contribution is 2.24. The molecule has 0 aliphatic rings. The lowest BCUT2D eigenvalue weighted by Crippen LogP contribution is -2.10. The summed E-state index contributed by atoms with van der Waals surface area (Å²) in [7, 11) is 0. The number of hydrogen-bond acceptors (Lipinski definition) is 2. The normalized spacial score (nSPS) is 10.9. The zero-order valence-electron chi connectivity index (χ0n) is 10.2. The van der Waals surface area contributed by atoms with E-state index in [0.29, 0.717) is 30.0 Å². The van der Waals surface area contributed by atoms with Crippen molar-refractivity contribution in [3.05, 3.63) is 28.8 Å². The van der Waals surface area contributed by atoms with Gasteiger partial charge in [-0.25, -0.2) is 0 Å². The highest BCUT2D eigenvalue weighted by Gasteiger charge is 2.03. The fraction of sp³-hybridized carbons (Fsp3) is 0.538. The zero-order valence-corrected chi connectivity index (χ0v) is 11.7. The Hall–Kier alpha value is -0.440. The second kappa shape index (κ2) is 7.80. The molecule has 1 rings (SSSR count). The fourth-order valence-corrected chi connectivity index (χ4v) is 1.73. The lowest BCUT2D eigenvalue weighted by molar-refractivity contribution is 0.0817. The molecule has 0 radical (unpaired) electrons. The predicted molar refractivity (Wildman–Crippen MR) is 72.2 cm³/mol. The smallest absolute Gasteiger partial charge is 0.123 e. The summed E-state index contributed by atoms with van der Waals surface area (Å²) in [4.78, 5) is 0. The summed E-state index contributed by atoms with van der Waals surface area (Å²) in [6, 6.07) is 5.45. The van der Waals surface area contributed by atoms with Crippen LogP contribution in [0.2, 0.25) is 5.02 Å². The van der Waals surface area contributed by atoms with Crippen LogP contribution in [0.1, 0.15) is 19.4 Å². The number of benzene rings is 1. The first-order valence-corrected chi connectivity index (χ1v) is 6.59. The molecule has 0 spiro atoms. The van der Waals surface area contributed by atoms with Gasteiger partial charge >= 0.3 is 0 Å². The van der Waals surface area contributed by atoms with E-state index in [0.717, 1.165) is 17.9 Å². The van der Waals surface area contributed by atoms with Crippen molar-refractivity contribution in [2.75, 3.05) is 19.8 Å². The van der Waals surface area contributed by atoms with Crippen LogP contribution in [0.25, 0.3) is 0 Å². The summed E-state index contributed by atoms with van der Waals surface area (Å²) in [5, 5.41) is 0.670. The minimum absolute atomic E-state index is 0.392. The van der Waals surface area contributed by atoms with E-state index in [9.17, 15) is 0 Å². The summed E-state index contributed by atoms with van der Waals surface area (Å²) in [6.45, 7) is 6.10. The molecule has 0 atom stereocenters. The van der Waals surface area contributed by atoms with E-state index >= 15 is 0 Å². The van der Waals surface area contributed by atoms with Crippen molar-refractivity contribution in [2.24, 2.45) is 5.92 Å². The van der Waals surface area contributed by atoms with Gasteiger partial charge in [0.2, 0.25) is 0 Å². The molecule has 0 bridgehead atoms. The standard InChI is InChI=1S/C13H18Cl2O2/c1-10(2)9-16-5-6-17-13-4-3-12(15)7-11(13)8-14/h3-4,7,10H,5-6,8-9H2,1-2H3. The van der Waals surface area contributed by atoms with Crippen molar-refractivity contribution in [1.29, 1.82) is 0 Å². The van der Waals surface area contributed by atoms with Crippen molar-refractivity contribution < 1.29 is 9.47 Å². The lowest BCUT2D eigenvalue weighted by Gasteiger charge is -2.11. The van der Waals surface area contributed by atoms with Crippen molar-refractivity contribution >= 4 is 23.2 Å². The van der Waals surface area contributed by atoms with Gasteiger partial charge in [-0.3, -0.25) is 0 Å². The maximum atomic E-state index is 5.88. The van der Waals surface area contributed by atoms with Crippen LogP contribution in [0, 0.1) is 5.92 Å².